The van der Waals surface area contributed by atoms with Crippen LogP contribution in [0.2, 0.25) is 0 Å². The Morgan fingerprint density at radius 2 is 1.07 bits per heavy atom. The maximum Gasteiger partial charge on any atom is 0.201 e. The van der Waals surface area contributed by atoms with Gasteiger partial charge in [0, 0.05) is 11.1 Å². The van der Waals surface area contributed by atoms with E-state index in [0.29, 0.717) is 18.4 Å². The summed E-state index contributed by atoms with van der Waals surface area (Å²) < 4.78 is 69.7. The summed E-state index contributed by atoms with van der Waals surface area (Å²) in [6.45, 7) is 4.45. The minimum Gasteiger partial charge on any atom is -0.491 e. The molecule has 3 aliphatic carbocycles. The predicted octanol–water partition coefficient (Wildman–Crippen LogP) is 10.1. The van der Waals surface area contributed by atoms with Crippen LogP contribution in [0.15, 0.2) is 24.3 Å². The molecule has 0 radical (unpaired) electrons. The van der Waals surface area contributed by atoms with Gasteiger partial charge in [-0.1, -0.05) is 32.6 Å². The number of fused-ring (bicyclic) bond motifs is 1. The highest BCUT2D eigenvalue weighted by atomic mass is 19.2. The average molecular weight is 561 g/mol. The standard InChI is InChI=1S/C34H44F4O2/c1-3-5-21-6-9-23(10-7-21)25-13-12-24-18-22(8-11-26(24)19-25)20-40-30-17-15-28(32(36)34(30)38)27-14-16-29(39-4-2)33(37)31(27)35/h14-17,21-26H,3-13,18-20H2,1-2H3. The van der Waals surface area contributed by atoms with Gasteiger partial charge in [-0.15, -0.1) is 0 Å². The van der Waals surface area contributed by atoms with E-state index in [4.69, 9.17) is 9.47 Å². The average Bonchev–Trinajstić information content (AvgIpc) is 2.97. The molecule has 2 aromatic carbocycles. The molecule has 2 aromatic rings. The molecule has 0 spiro atoms. The van der Waals surface area contributed by atoms with E-state index < -0.39 is 23.3 Å². The largest absolute Gasteiger partial charge is 0.491 e. The molecule has 0 aliphatic heterocycles. The van der Waals surface area contributed by atoms with E-state index >= 15 is 0 Å². The Hall–Kier alpha value is -2.24. The third-order valence-electron chi connectivity index (χ3n) is 10.2. The Bertz CT molecular complexity index is 1140. The lowest BCUT2D eigenvalue weighted by atomic mass is 9.61. The first-order valence-corrected chi connectivity index (χ1v) is 15.6. The molecule has 0 bridgehead atoms. The van der Waals surface area contributed by atoms with Crippen LogP contribution >= 0.6 is 0 Å². The highest BCUT2D eigenvalue weighted by Gasteiger charge is 2.39. The van der Waals surface area contributed by atoms with Gasteiger partial charge in [-0.05, 0) is 118 Å². The molecule has 4 atom stereocenters. The second-order valence-electron chi connectivity index (χ2n) is 12.6. The Labute approximate surface area is 236 Å². The Morgan fingerprint density at radius 3 is 1.68 bits per heavy atom. The van der Waals surface area contributed by atoms with Crippen molar-refractivity contribution in [2.45, 2.75) is 90.9 Å². The normalized spacial score (nSPS) is 28.6. The first-order valence-electron chi connectivity index (χ1n) is 15.6. The molecule has 6 heteroatoms. The summed E-state index contributed by atoms with van der Waals surface area (Å²) in [6.07, 6.45) is 15.7. The van der Waals surface area contributed by atoms with Gasteiger partial charge in [0.1, 0.15) is 0 Å². The summed E-state index contributed by atoms with van der Waals surface area (Å²) in [6, 6.07) is 4.99. The minimum absolute atomic E-state index is 0.160. The van der Waals surface area contributed by atoms with Crippen molar-refractivity contribution in [3.63, 3.8) is 0 Å². The van der Waals surface area contributed by atoms with Gasteiger partial charge in [0.2, 0.25) is 11.6 Å². The Balaban J connectivity index is 1.14. The van der Waals surface area contributed by atoms with Crippen LogP contribution in [-0.2, 0) is 0 Å². The van der Waals surface area contributed by atoms with Crippen LogP contribution in [0.25, 0.3) is 11.1 Å². The zero-order valence-electron chi connectivity index (χ0n) is 24.0. The van der Waals surface area contributed by atoms with Crippen LogP contribution in [0, 0.1) is 58.8 Å². The minimum atomic E-state index is -1.27. The summed E-state index contributed by atoms with van der Waals surface area (Å²) in [7, 11) is 0. The molecule has 220 valence electrons. The van der Waals surface area contributed by atoms with Crippen molar-refractivity contribution < 1.29 is 27.0 Å². The Morgan fingerprint density at radius 1 is 0.575 bits per heavy atom. The molecule has 0 aromatic heterocycles. The third-order valence-corrected chi connectivity index (χ3v) is 10.2. The quantitative estimate of drug-likeness (QED) is 0.284. The molecule has 40 heavy (non-hydrogen) atoms. The maximum absolute atomic E-state index is 15.0. The molecule has 0 amide bonds. The van der Waals surface area contributed by atoms with Crippen molar-refractivity contribution in [1.29, 1.82) is 0 Å². The molecular formula is C34H44F4O2. The summed E-state index contributed by atoms with van der Waals surface area (Å²) in [5.74, 6) is -0.764. The van der Waals surface area contributed by atoms with Crippen molar-refractivity contribution >= 4 is 0 Å². The summed E-state index contributed by atoms with van der Waals surface area (Å²) in [5, 5.41) is 0. The maximum atomic E-state index is 15.0. The van der Waals surface area contributed by atoms with E-state index in [-0.39, 0.29) is 29.2 Å². The second-order valence-corrected chi connectivity index (χ2v) is 12.6. The third kappa shape index (κ3) is 6.31. The highest BCUT2D eigenvalue weighted by molar-refractivity contribution is 5.67. The monoisotopic (exact) mass is 560 g/mol. The van der Waals surface area contributed by atoms with Gasteiger partial charge < -0.3 is 9.47 Å². The number of ether oxygens (including phenoxy) is 2. The van der Waals surface area contributed by atoms with Gasteiger partial charge in [-0.2, -0.15) is 8.78 Å². The first-order chi connectivity index (χ1) is 19.4. The summed E-state index contributed by atoms with van der Waals surface area (Å²) >= 11 is 0. The lowest BCUT2D eigenvalue weighted by Crippen LogP contribution is -2.35. The topological polar surface area (TPSA) is 18.5 Å². The fourth-order valence-electron chi connectivity index (χ4n) is 8.02. The number of hydrogen-bond acceptors (Lipinski definition) is 2. The molecule has 3 fully saturated rings. The van der Waals surface area contributed by atoms with E-state index in [1.54, 1.807) is 6.92 Å². The summed E-state index contributed by atoms with van der Waals surface area (Å²) in [4.78, 5) is 0. The van der Waals surface area contributed by atoms with Crippen LogP contribution in [0.1, 0.15) is 90.9 Å². The van der Waals surface area contributed by atoms with Gasteiger partial charge in [0.05, 0.1) is 13.2 Å². The van der Waals surface area contributed by atoms with Crippen molar-refractivity contribution in [2.75, 3.05) is 13.2 Å². The zero-order chi connectivity index (χ0) is 28.2. The summed E-state index contributed by atoms with van der Waals surface area (Å²) in [5.41, 5.74) is -0.702. The zero-order valence-corrected chi connectivity index (χ0v) is 24.0. The van der Waals surface area contributed by atoms with Crippen LogP contribution in [0.4, 0.5) is 17.6 Å². The Kier molecular flexibility index (Phi) is 9.63. The number of rotatable bonds is 9. The first kappa shape index (κ1) is 29.3. The number of benzene rings is 2. The van der Waals surface area contributed by atoms with E-state index in [9.17, 15) is 17.6 Å². The molecule has 4 unspecified atom stereocenters. The predicted molar refractivity (Wildman–Crippen MR) is 150 cm³/mol. The van der Waals surface area contributed by atoms with Crippen molar-refractivity contribution in [1.82, 2.24) is 0 Å². The van der Waals surface area contributed by atoms with Gasteiger partial charge in [0.25, 0.3) is 0 Å². The number of halogens is 4. The SMILES string of the molecule is CCCC1CCC(C2CCC3CC(COc4ccc(-c5ccc(OCC)c(F)c5F)c(F)c4F)CCC3C2)CC1. The van der Waals surface area contributed by atoms with Crippen molar-refractivity contribution in [3.05, 3.63) is 47.5 Å². The van der Waals surface area contributed by atoms with Crippen molar-refractivity contribution in [2.24, 2.45) is 35.5 Å². The molecule has 3 saturated carbocycles. The van der Waals surface area contributed by atoms with E-state index in [0.717, 1.165) is 36.5 Å². The van der Waals surface area contributed by atoms with Crippen LogP contribution in [0.3, 0.4) is 0 Å². The molecule has 2 nitrogen and oxygen atoms in total. The fraction of sp³-hybridized carbons (Fsp3) is 0.647. The van der Waals surface area contributed by atoms with E-state index in [1.807, 2.05) is 0 Å². The smallest absolute Gasteiger partial charge is 0.201 e. The molecule has 0 heterocycles. The lowest BCUT2D eigenvalue weighted by molar-refractivity contribution is 0.0478. The van der Waals surface area contributed by atoms with Gasteiger partial charge in [0.15, 0.2) is 23.1 Å². The lowest BCUT2D eigenvalue weighted by Gasteiger charge is -2.45. The van der Waals surface area contributed by atoms with Crippen LogP contribution in [0.5, 0.6) is 11.5 Å². The molecule has 0 N–H and O–H groups in total. The van der Waals surface area contributed by atoms with Crippen LogP contribution < -0.4 is 9.47 Å². The number of hydrogen-bond donors (Lipinski definition) is 0. The van der Waals surface area contributed by atoms with E-state index in [1.165, 1.54) is 88.5 Å². The van der Waals surface area contributed by atoms with Gasteiger partial charge >= 0.3 is 0 Å². The van der Waals surface area contributed by atoms with Crippen molar-refractivity contribution in [3.8, 4) is 22.6 Å². The molecule has 5 rings (SSSR count). The van der Waals surface area contributed by atoms with E-state index in [2.05, 4.69) is 6.92 Å². The van der Waals surface area contributed by atoms with Gasteiger partial charge in [-0.25, -0.2) is 8.78 Å². The fourth-order valence-corrected chi connectivity index (χ4v) is 8.02. The molecule has 0 saturated heterocycles. The van der Waals surface area contributed by atoms with Crippen LogP contribution in [-0.4, -0.2) is 13.2 Å². The molecule has 3 aliphatic rings. The second kappa shape index (κ2) is 13.2. The van der Waals surface area contributed by atoms with Gasteiger partial charge in [-0.3, -0.25) is 0 Å². The molecular weight excluding hydrogens is 516 g/mol. The highest BCUT2D eigenvalue weighted by Crippen LogP contribution is 2.49.